The molecule has 2 N–H and O–H groups in total. The summed E-state index contributed by atoms with van der Waals surface area (Å²) in [6, 6.07) is 0. The van der Waals surface area contributed by atoms with Crippen molar-refractivity contribution in [2.24, 2.45) is 5.73 Å². The van der Waals surface area contributed by atoms with E-state index in [1.165, 1.54) is 0 Å². The van der Waals surface area contributed by atoms with Crippen LogP contribution in [0.25, 0.3) is 0 Å². The van der Waals surface area contributed by atoms with E-state index in [0.717, 1.165) is 32.6 Å². The minimum absolute atomic E-state index is 0.153. The van der Waals surface area contributed by atoms with E-state index in [2.05, 4.69) is 0 Å². The molecule has 0 aliphatic heterocycles. The van der Waals surface area contributed by atoms with E-state index >= 15 is 0 Å². The van der Waals surface area contributed by atoms with Gasteiger partial charge in [-0.15, -0.1) is 0 Å². The van der Waals surface area contributed by atoms with Gasteiger partial charge in [-0.05, 0) is 19.8 Å². The average Bonchev–Trinajstić information content (AvgIpc) is 2.09. The van der Waals surface area contributed by atoms with Crippen molar-refractivity contribution >= 4 is 0 Å². The second-order valence-corrected chi connectivity index (χ2v) is 3.82. The van der Waals surface area contributed by atoms with Crippen LogP contribution in [0, 0.1) is 0 Å². The fraction of sp³-hybridized carbons (Fsp3) is 1.00. The first kappa shape index (κ1) is 8.91. The smallest absolute Gasteiger partial charge is 0.247 e. The highest BCUT2D eigenvalue weighted by Gasteiger charge is 2.37. The first-order valence-electron chi connectivity index (χ1n) is 4.08. The van der Waals surface area contributed by atoms with Gasteiger partial charge < -0.3 is 5.73 Å². The maximum Gasteiger partial charge on any atom is 0.247 e. The van der Waals surface area contributed by atoms with Gasteiger partial charge in [0.1, 0.15) is 0 Å². The highest BCUT2D eigenvalue weighted by molar-refractivity contribution is 4.92. The molecule has 0 atom stereocenters. The lowest BCUT2D eigenvalue weighted by Gasteiger charge is -2.26. The summed E-state index contributed by atoms with van der Waals surface area (Å²) in [6.07, 6.45) is 3.38. The zero-order chi connectivity index (χ0) is 8.54. The van der Waals surface area contributed by atoms with Crippen LogP contribution < -0.4 is 5.73 Å². The van der Waals surface area contributed by atoms with E-state index in [1.807, 2.05) is 0 Å². The Bertz CT molecular complexity index is 134. The molecular formula is C8H15F2N. The minimum atomic E-state index is -2.60. The van der Waals surface area contributed by atoms with E-state index in [-0.39, 0.29) is 6.42 Å². The fourth-order valence-electron chi connectivity index (χ4n) is 1.87. The quantitative estimate of drug-likeness (QED) is 0.664. The molecule has 0 aromatic carbocycles. The fourth-order valence-corrected chi connectivity index (χ4v) is 1.87. The van der Waals surface area contributed by atoms with Gasteiger partial charge in [0.25, 0.3) is 0 Å². The highest BCUT2D eigenvalue weighted by Crippen LogP contribution is 2.35. The Balaban J connectivity index is 2.46. The summed E-state index contributed by atoms with van der Waals surface area (Å²) < 4.78 is 25.1. The number of rotatable bonds is 2. The molecular weight excluding hydrogens is 148 g/mol. The lowest BCUT2D eigenvalue weighted by atomic mass is 9.92. The molecule has 0 aromatic rings. The second kappa shape index (κ2) is 2.70. The van der Waals surface area contributed by atoms with Crippen LogP contribution in [0.4, 0.5) is 8.78 Å². The van der Waals surface area contributed by atoms with Crippen molar-refractivity contribution in [3.63, 3.8) is 0 Å². The van der Waals surface area contributed by atoms with Gasteiger partial charge >= 0.3 is 0 Å². The maximum absolute atomic E-state index is 12.5. The number of nitrogens with two attached hydrogens (primary N) is 1. The average molecular weight is 163 g/mol. The summed E-state index contributed by atoms with van der Waals surface area (Å²) in [4.78, 5) is 0. The molecule has 0 bridgehead atoms. The predicted octanol–water partition coefficient (Wildman–Crippen LogP) is 2.30. The first-order chi connectivity index (χ1) is 4.91. The highest BCUT2D eigenvalue weighted by atomic mass is 19.3. The largest absolute Gasteiger partial charge is 0.325 e. The Morgan fingerprint density at radius 2 is 1.82 bits per heavy atom. The predicted molar refractivity (Wildman–Crippen MR) is 40.6 cm³/mol. The Morgan fingerprint density at radius 1 is 1.36 bits per heavy atom. The molecule has 1 nitrogen and oxygen atoms in total. The number of halogens is 2. The zero-order valence-electron chi connectivity index (χ0n) is 6.87. The zero-order valence-corrected chi connectivity index (χ0v) is 6.87. The Hall–Kier alpha value is -0.180. The number of hydrogen-bond acceptors (Lipinski definition) is 1. The van der Waals surface area contributed by atoms with Crippen LogP contribution in [0.3, 0.4) is 0 Å². The van der Waals surface area contributed by atoms with E-state index in [4.69, 9.17) is 5.73 Å². The summed E-state index contributed by atoms with van der Waals surface area (Å²) in [5.41, 5.74) is 5.19. The van der Waals surface area contributed by atoms with Crippen molar-refractivity contribution in [3.05, 3.63) is 0 Å². The minimum Gasteiger partial charge on any atom is -0.325 e. The Kier molecular flexibility index (Phi) is 2.19. The molecule has 0 radical (unpaired) electrons. The third-order valence-corrected chi connectivity index (χ3v) is 2.26. The van der Waals surface area contributed by atoms with Gasteiger partial charge in [-0.3, -0.25) is 0 Å². The summed E-state index contributed by atoms with van der Waals surface area (Å²) >= 11 is 0. The van der Waals surface area contributed by atoms with Gasteiger partial charge in [-0.25, -0.2) is 8.78 Å². The monoisotopic (exact) mass is 163 g/mol. The molecule has 0 aromatic heterocycles. The Labute approximate surface area is 66.0 Å². The molecule has 11 heavy (non-hydrogen) atoms. The van der Waals surface area contributed by atoms with E-state index in [9.17, 15) is 8.78 Å². The van der Waals surface area contributed by atoms with E-state index in [0.29, 0.717) is 0 Å². The molecule has 0 saturated heterocycles. The third kappa shape index (κ3) is 2.73. The van der Waals surface area contributed by atoms with Gasteiger partial charge in [0.05, 0.1) is 0 Å². The Morgan fingerprint density at radius 3 is 2.18 bits per heavy atom. The molecule has 1 saturated carbocycles. The lowest BCUT2D eigenvalue weighted by Crippen LogP contribution is -2.41. The van der Waals surface area contributed by atoms with Gasteiger partial charge in [-0.1, -0.05) is 12.8 Å². The molecule has 0 unspecified atom stereocenters. The van der Waals surface area contributed by atoms with Crippen molar-refractivity contribution in [3.8, 4) is 0 Å². The van der Waals surface area contributed by atoms with Gasteiger partial charge in [-0.2, -0.15) is 0 Å². The van der Waals surface area contributed by atoms with Gasteiger partial charge in [0.15, 0.2) is 0 Å². The maximum atomic E-state index is 12.5. The van der Waals surface area contributed by atoms with Crippen LogP contribution in [-0.2, 0) is 0 Å². The topological polar surface area (TPSA) is 26.0 Å². The molecule has 3 heteroatoms. The molecule has 1 aliphatic rings. The molecule has 1 aliphatic carbocycles. The van der Waals surface area contributed by atoms with Gasteiger partial charge in [0.2, 0.25) is 5.92 Å². The number of alkyl halides is 2. The van der Waals surface area contributed by atoms with Crippen molar-refractivity contribution < 1.29 is 8.78 Å². The van der Waals surface area contributed by atoms with Crippen LogP contribution in [0.5, 0.6) is 0 Å². The standard InChI is InChI=1S/C8H15F2N/c1-7(9,10)6-8(11)4-2-3-5-8/h2-6,11H2,1H3. The molecule has 0 amide bonds. The molecule has 0 heterocycles. The van der Waals surface area contributed by atoms with Crippen LogP contribution in [-0.4, -0.2) is 11.5 Å². The van der Waals surface area contributed by atoms with E-state index < -0.39 is 11.5 Å². The molecule has 66 valence electrons. The van der Waals surface area contributed by atoms with Gasteiger partial charge in [0, 0.05) is 12.0 Å². The first-order valence-corrected chi connectivity index (χ1v) is 4.08. The van der Waals surface area contributed by atoms with Crippen molar-refractivity contribution in [2.75, 3.05) is 0 Å². The van der Waals surface area contributed by atoms with Crippen LogP contribution >= 0.6 is 0 Å². The summed E-state index contributed by atoms with van der Waals surface area (Å²) in [6.45, 7) is 0.944. The normalized spacial score (nSPS) is 24.0. The SMILES string of the molecule is CC(F)(F)CC1(N)CCCC1. The summed E-state index contributed by atoms with van der Waals surface area (Å²) in [5.74, 6) is -2.60. The third-order valence-electron chi connectivity index (χ3n) is 2.26. The summed E-state index contributed by atoms with van der Waals surface area (Å²) in [5, 5.41) is 0. The van der Waals surface area contributed by atoms with Crippen molar-refractivity contribution in [1.29, 1.82) is 0 Å². The summed E-state index contributed by atoms with van der Waals surface area (Å²) in [7, 11) is 0. The molecule has 1 fully saturated rings. The van der Waals surface area contributed by atoms with Crippen LogP contribution in [0.15, 0.2) is 0 Å². The number of hydrogen-bond donors (Lipinski definition) is 1. The lowest BCUT2D eigenvalue weighted by molar-refractivity contribution is -0.00852. The van der Waals surface area contributed by atoms with Crippen LogP contribution in [0.1, 0.15) is 39.0 Å². The van der Waals surface area contributed by atoms with Crippen molar-refractivity contribution in [1.82, 2.24) is 0 Å². The second-order valence-electron chi connectivity index (χ2n) is 3.82. The molecule has 1 rings (SSSR count). The van der Waals surface area contributed by atoms with Crippen molar-refractivity contribution in [2.45, 2.75) is 50.5 Å². The van der Waals surface area contributed by atoms with E-state index in [1.54, 1.807) is 0 Å². The molecule has 0 spiro atoms. The van der Waals surface area contributed by atoms with Crippen LogP contribution in [0.2, 0.25) is 0 Å².